The van der Waals surface area contributed by atoms with Crippen molar-refractivity contribution in [3.8, 4) is 0 Å². The Labute approximate surface area is 74.7 Å². The molecule has 0 aromatic heterocycles. The Kier molecular flexibility index (Phi) is 4.24. The van der Waals surface area contributed by atoms with Gasteiger partial charge in [-0.2, -0.15) is 0 Å². The Morgan fingerprint density at radius 3 is 2.42 bits per heavy atom. The lowest BCUT2D eigenvalue weighted by atomic mass is 10.0. The van der Waals surface area contributed by atoms with Crippen molar-refractivity contribution in [2.24, 2.45) is 11.7 Å². The second kappa shape index (κ2) is 4.45. The average molecular weight is 172 g/mol. The first kappa shape index (κ1) is 11.4. The first-order chi connectivity index (χ1) is 5.43. The molecule has 0 aliphatic carbocycles. The molecule has 0 saturated heterocycles. The lowest BCUT2D eigenvalue weighted by Crippen LogP contribution is -2.46. The summed E-state index contributed by atoms with van der Waals surface area (Å²) in [5.41, 5.74) is 5.26. The van der Waals surface area contributed by atoms with E-state index < -0.39 is 0 Å². The van der Waals surface area contributed by atoms with Crippen LogP contribution in [0.5, 0.6) is 0 Å². The Balaban J connectivity index is 4.00. The molecule has 1 unspecified atom stereocenters. The number of amides is 1. The van der Waals surface area contributed by atoms with E-state index in [-0.39, 0.29) is 17.4 Å². The molecule has 0 aliphatic rings. The quantitative estimate of drug-likeness (QED) is 0.661. The van der Waals surface area contributed by atoms with Crippen LogP contribution in [-0.4, -0.2) is 18.0 Å². The predicted molar refractivity (Wildman–Crippen MR) is 50.7 cm³/mol. The summed E-state index contributed by atoms with van der Waals surface area (Å²) in [6.07, 6.45) is 0.927. The monoisotopic (exact) mass is 172 g/mol. The van der Waals surface area contributed by atoms with Crippen LogP contribution in [0.4, 0.5) is 0 Å². The highest BCUT2D eigenvalue weighted by molar-refractivity contribution is 5.79. The summed E-state index contributed by atoms with van der Waals surface area (Å²) in [4.78, 5) is 11.4. The molecule has 0 radical (unpaired) electrons. The van der Waals surface area contributed by atoms with Crippen LogP contribution >= 0.6 is 0 Å². The number of carbonyl (C=O) groups is 1. The average Bonchev–Trinajstić information content (AvgIpc) is 2.02. The molecule has 1 amide bonds. The van der Waals surface area contributed by atoms with Crippen LogP contribution in [0.2, 0.25) is 0 Å². The summed E-state index contributed by atoms with van der Waals surface area (Å²) in [7, 11) is 0. The van der Waals surface area contributed by atoms with E-state index in [4.69, 9.17) is 5.73 Å². The number of rotatable bonds is 4. The van der Waals surface area contributed by atoms with Gasteiger partial charge in [0.25, 0.3) is 0 Å². The third-order valence-corrected chi connectivity index (χ3v) is 2.15. The molecule has 0 spiro atoms. The summed E-state index contributed by atoms with van der Waals surface area (Å²) in [5, 5.41) is 2.94. The number of hydrogen-bond acceptors (Lipinski definition) is 2. The zero-order valence-electron chi connectivity index (χ0n) is 8.48. The highest BCUT2D eigenvalue weighted by Crippen LogP contribution is 2.07. The van der Waals surface area contributed by atoms with Crippen molar-refractivity contribution in [1.82, 2.24) is 5.32 Å². The van der Waals surface area contributed by atoms with Gasteiger partial charge in [0.15, 0.2) is 0 Å². The fourth-order valence-electron chi connectivity index (χ4n) is 0.652. The van der Waals surface area contributed by atoms with Crippen LogP contribution in [0.1, 0.15) is 34.1 Å². The fourth-order valence-corrected chi connectivity index (χ4v) is 0.652. The first-order valence-electron chi connectivity index (χ1n) is 4.45. The molecule has 0 bridgehead atoms. The van der Waals surface area contributed by atoms with Gasteiger partial charge >= 0.3 is 0 Å². The molecule has 0 rings (SSSR count). The van der Waals surface area contributed by atoms with Gasteiger partial charge in [0.2, 0.25) is 5.91 Å². The van der Waals surface area contributed by atoms with Crippen LogP contribution in [0.15, 0.2) is 0 Å². The van der Waals surface area contributed by atoms with E-state index in [0.29, 0.717) is 6.54 Å². The first-order valence-corrected chi connectivity index (χ1v) is 4.45. The van der Waals surface area contributed by atoms with Crippen LogP contribution in [-0.2, 0) is 4.79 Å². The van der Waals surface area contributed by atoms with E-state index in [9.17, 15) is 4.79 Å². The fraction of sp³-hybridized carbons (Fsp3) is 0.889. The minimum Gasteiger partial charge on any atom is -0.351 e. The summed E-state index contributed by atoms with van der Waals surface area (Å²) in [6, 6.07) is 0. The molecular formula is C9H20N2O. The second-order valence-corrected chi connectivity index (χ2v) is 3.86. The van der Waals surface area contributed by atoms with Gasteiger partial charge < -0.3 is 11.1 Å². The van der Waals surface area contributed by atoms with Gasteiger partial charge in [0.05, 0.1) is 0 Å². The molecule has 3 heteroatoms. The molecule has 0 aromatic carbocycles. The highest BCUT2D eigenvalue weighted by Gasteiger charge is 2.20. The molecule has 1 atom stereocenters. The van der Waals surface area contributed by atoms with Crippen LogP contribution in [0, 0.1) is 5.92 Å². The van der Waals surface area contributed by atoms with Crippen molar-refractivity contribution in [3.63, 3.8) is 0 Å². The SMILES string of the molecule is CCC(C)(C)NC(=O)C(C)CN. The third kappa shape index (κ3) is 3.72. The van der Waals surface area contributed by atoms with Crippen LogP contribution in [0.3, 0.4) is 0 Å². The predicted octanol–water partition coefficient (Wildman–Crippen LogP) is 0.886. The maximum absolute atomic E-state index is 11.4. The molecule has 3 N–H and O–H groups in total. The van der Waals surface area contributed by atoms with Gasteiger partial charge in [-0.15, -0.1) is 0 Å². The maximum atomic E-state index is 11.4. The summed E-state index contributed by atoms with van der Waals surface area (Å²) >= 11 is 0. The van der Waals surface area contributed by atoms with E-state index in [2.05, 4.69) is 5.32 Å². The Morgan fingerprint density at radius 2 is 2.08 bits per heavy atom. The van der Waals surface area contributed by atoms with Crippen LogP contribution in [0.25, 0.3) is 0 Å². The van der Waals surface area contributed by atoms with E-state index in [1.54, 1.807) is 0 Å². The standard InChI is InChI=1S/C9H20N2O/c1-5-9(3,4)11-8(12)7(2)6-10/h7H,5-6,10H2,1-4H3,(H,11,12). The molecule has 0 aliphatic heterocycles. The largest absolute Gasteiger partial charge is 0.351 e. The van der Waals surface area contributed by atoms with Crippen molar-refractivity contribution in [2.75, 3.05) is 6.54 Å². The summed E-state index contributed by atoms with van der Waals surface area (Å²) in [6.45, 7) is 8.31. The normalized spacial score (nSPS) is 14.1. The minimum absolute atomic E-state index is 0.0457. The van der Waals surface area contributed by atoms with E-state index in [1.807, 2.05) is 27.7 Å². The Bertz CT molecular complexity index is 155. The highest BCUT2D eigenvalue weighted by atomic mass is 16.2. The maximum Gasteiger partial charge on any atom is 0.224 e. The molecular weight excluding hydrogens is 152 g/mol. The molecule has 72 valence electrons. The lowest BCUT2D eigenvalue weighted by Gasteiger charge is -2.26. The summed E-state index contributed by atoms with van der Waals surface area (Å²) in [5.74, 6) is -0.0415. The van der Waals surface area contributed by atoms with Crippen molar-refractivity contribution < 1.29 is 4.79 Å². The van der Waals surface area contributed by atoms with Crippen molar-refractivity contribution in [2.45, 2.75) is 39.7 Å². The number of nitrogens with one attached hydrogen (secondary N) is 1. The van der Waals surface area contributed by atoms with E-state index in [1.165, 1.54) is 0 Å². The number of hydrogen-bond donors (Lipinski definition) is 2. The van der Waals surface area contributed by atoms with Gasteiger partial charge in [-0.1, -0.05) is 13.8 Å². The molecule has 0 aromatic rings. The van der Waals surface area contributed by atoms with Gasteiger partial charge in [0.1, 0.15) is 0 Å². The number of nitrogens with two attached hydrogens (primary N) is 1. The zero-order chi connectivity index (χ0) is 9.78. The zero-order valence-corrected chi connectivity index (χ0v) is 8.48. The van der Waals surface area contributed by atoms with Crippen molar-refractivity contribution in [3.05, 3.63) is 0 Å². The molecule has 0 heterocycles. The van der Waals surface area contributed by atoms with Gasteiger partial charge in [-0.25, -0.2) is 0 Å². The molecule has 12 heavy (non-hydrogen) atoms. The van der Waals surface area contributed by atoms with Crippen molar-refractivity contribution >= 4 is 5.91 Å². The lowest BCUT2D eigenvalue weighted by molar-refractivity contribution is -0.125. The van der Waals surface area contributed by atoms with Crippen molar-refractivity contribution in [1.29, 1.82) is 0 Å². The van der Waals surface area contributed by atoms with Gasteiger partial charge in [-0.05, 0) is 20.3 Å². The Morgan fingerprint density at radius 1 is 1.58 bits per heavy atom. The van der Waals surface area contributed by atoms with Crippen LogP contribution < -0.4 is 11.1 Å². The Hall–Kier alpha value is -0.570. The molecule has 3 nitrogen and oxygen atoms in total. The molecule has 0 fully saturated rings. The summed E-state index contributed by atoms with van der Waals surface area (Å²) < 4.78 is 0. The third-order valence-electron chi connectivity index (χ3n) is 2.15. The second-order valence-electron chi connectivity index (χ2n) is 3.86. The topological polar surface area (TPSA) is 55.1 Å². The van der Waals surface area contributed by atoms with Gasteiger partial charge in [-0.3, -0.25) is 4.79 Å². The van der Waals surface area contributed by atoms with Gasteiger partial charge in [0, 0.05) is 18.0 Å². The van der Waals surface area contributed by atoms with E-state index in [0.717, 1.165) is 6.42 Å². The van der Waals surface area contributed by atoms with E-state index >= 15 is 0 Å². The molecule has 0 saturated carbocycles. The number of carbonyl (C=O) groups excluding carboxylic acids is 1. The smallest absolute Gasteiger partial charge is 0.224 e. The minimum atomic E-state index is -0.111.